The van der Waals surface area contributed by atoms with Crippen molar-refractivity contribution >= 4 is 33.2 Å². The molecule has 11 heteroatoms. The number of hydrogen-bond acceptors (Lipinski definition) is 6. The molecule has 1 atom stereocenters. The molecule has 0 spiro atoms. The van der Waals surface area contributed by atoms with E-state index in [2.05, 4.69) is 0 Å². The largest absolute Gasteiger partial charge is 0.492 e. The number of nitrogens with zero attached hydrogens (tertiary/aromatic N) is 3. The van der Waals surface area contributed by atoms with Gasteiger partial charge < -0.3 is 9.64 Å². The fourth-order valence-corrected chi connectivity index (χ4v) is 5.49. The molecular weight excluding hydrogens is 446 g/mol. The number of carbonyl (C=O) groups is 1. The number of sulfonamides is 1. The molecule has 2 aliphatic heterocycles. The molecule has 0 radical (unpaired) electrons. The number of piperazine rings is 1. The van der Waals surface area contributed by atoms with Crippen LogP contribution in [0.25, 0.3) is 0 Å². The van der Waals surface area contributed by atoms with E-state index in [9.17, 15) is 23.3 Å². The van der Waals surface area contributed by atoms with Gasteiger partial charge in [-0.3, -0.25) is 14.9 Å². The second-order valence-corrected chi connectivity index (χ2v) is 9.82. The van der Waals surface area contributed by atoms with Gasteiger partial charge >= 0.3 is 0 Å². The molecule has 2 aromatic carbocycles. The third-order valence-electron chi connectivity index (χ3n) is 5.49. The molecule has 164 valence electrons. The Kier molecular flexibility index (Phi) is 5.87. The maximum atomic E-state index is 13.0. The fraction of sp³-hybridized carbons (Fsp3) is 0.350. The summed E-state index contributed by atoms with van der Waals surface area (Å²) < 4.78 is 32.7. The van der Waals surface area contributed by atoms with E-state index in [4.69, 9.17) is 16.3 Å². The van der Waals surface area contributed by atoms with E-state index in [0.717, 1.165) is 17.4 Å². The van der Waals surface area contributed by atoms with Gasteiger partial charge in [0.05, 0.1) is 15.7 Å². The van der Waals surface area contributed by atoms with Gasteiger partial charge in [-0.25, -0.2) is 8.42 Å². The Labute approximate surface area is 184 Å². The van der Waals surface area contributed by atoms with Crippen molar-refractivity contribution in [3.63, 3.8) is 0 Å². The number of nitro benzene ring substituents is 1. The van der Waals surface area contributed by atoms with Crippen molar-refractivity contribution < 1.29 is 22.9 Å². The lowest BCUT2D eigenvalue weighted by Crippen LogP contribution is -2.52. The molecule has 2 aliphatic rings. The minimum atomic E-state index is -3.89. The van der Waals surface area contributed by atoms with Gasteiger partial charge in [0.15, 0.2) is 0 Å². The Morgan fingerprint density at radius 2 is 1.87 bits per heavy atom. The zero-order valence-corrected chi connectivity index (χ0v) is 18.0. The van der Waals surface area contributed by atoms with Crippen LogP contribution >= 0.6 is 11.6 Å². The normalized spacial score (nSPS) is 19.4. The summed E-state index contributed by atoms with van der Waals surface area (Å²) in [6, 6.07) is 10.3. The highest BCUT2D eigenvalue weighted by Gasteiger charge is 2.34. The van der Waals surface area contributed by atoms with E-state index in [0.29, 0.717) is 11.4 Å². The maximum absolute atomic E-state index is 13.0. The summed E-state index contributed by atoms with van der Waals surface area (Å²) in [5, 5.41) is 11.5. The summed E-state index contributed by atoms with van der Waals surface area (Å²) in [6.07, 6.45) is 0.515. The van der Waals surface area contributed by atoms with Crippen LogP contribution < -0.4 is 4.74 Å². The summed E-state index contributed by atoms with van der Waals surface area (Å²) in [6.45, 7) is 0.983. The highest BCUT2D eigenvalue weighted by atomic mass is 35.5. The molecule has 0 N–H and O–H groups in total. The first-order valence-electron chi connectivity index (χ1n) is 9.70. The van der Waals surface area contributed by atoms with Gasteiger partial charge in [0.25, 0.3) is 5.69 Å². The van der Waals surface area contributed by atoms with Crippen molar-refractivity contribution in [2.45, 2.75) is 11.3 Å². The molecule has 0 saturated carbocycles. The molecule has 0 aliphatic carbocycles. The molecule has 2 heterocycles. The van der Waals surface area contributed by atoms with Crippen LogP contribution in [0.3, 0.4) is 0 Å². The van der Waals surface area contributed by atoms with Gasteiger partial charge in [-0.15, -0.1) is 0 Å². The first-order valence-corrected chi connectivity index (χ1v) is 11.5. The van der Waals surface area contributed by atoms with Crippen LogP contribution in [-0.2, 0) is 21.2 Å². The van der Waals surface area contributed by atoms with Crippen molar-refractivity contribution in [2.75, 3.05) is 32.8 Å². The number of halogens is 1. The van der Waals surface area contributed by atoms with Crippen LogP contribution in [-0.4, -0.2) is 61.2 Å². The van der Waals surface area contributed by atoms with Crippen LogP contribution in [0.2, 0.25) is 5.02 Å². The van der Waals surface area contributed by atoms with Crippen molar-refractivity contribution in [3.05, 3.63) is 63.2 Å². The molecule has 31 heavy (non-hydrogen) atoms. The Morgan fingerprint density at radius 1 is 1.13 bits per heavy atom. The number of benzene rings is 2. The van der Waals surface area contributed by atoms with Crippen molar-refractivity contribution in [2.24, 2.45) is 5.92 Å². The van der Waals surface area contributed by atoms with E-state index in [1.165, 1.54) is 22.5 Å². The quantitative estimate of drug-likeness (QED) is 0.506. The van der Waals surface area contributed by atoms with E-state index < -0.39 is 14.9 Å². The molecule has 0 unspecified atom stereocenters. The molecular formula is C20H20ClN3O6S. The van der Waals surface area contributed by atoms with Gasteiger partial charge in [-0.05, 0) is 36.2 Å². The van der Waals surface area contributed by atoms with Gasteiger partial charge in [0.1, 0.15) is 12.4 Å². The number of rotatable bonds is 4. The summed E-state index contributed by atoms with van der Waals surface area (Å²) in [5.41, 5.74) is 0.594. The zero-order chi connectivity index (χ0) is 22.2. The molecule has 1 saturated heterocycles. The third-order valence-corrected chi connectivity index (χ3v) is 7.62. The van der Waals surface area contributed by atoms with E-state index in [-0.39, 0.29) is 55.2 Å². The average Bonchev–Trinajstić information content (AvgIpc) is 2.78. The SMILES string of the molecule is O=C([C@H]1COc2ccc(Cl)cc2C1)N1CCN(S(=O)(=O)c2cccc([N+](=O)[O-])c2)CC1. The number of nitro groups is 1. The first-order chi connectivity index (χ1) is 14.8. The number of fused-ring (bicyclic) bond motifs is 1. The number of carbonyl (C=O) groups excluding carboxylic acids is 1. The number of amides is 1. The van der Waals surface area contributed by atoms with Crippen LogP contribution in [0.1, 0.15) is 5.56 Å². The van der Waals surface area contributed by atoms with Crippen LogP contribution in [0.15, 0.2) is 47.4 Å². The van der Waals surface area contributed by atoms with Gasteiger partial charge in [-0.2, -0.15) is 4.31 Å². The van der Waals surface area contributed by atoms with Gasteiger partial charge in [0, 0.05) is 43.3 Å². The second kappa shape index (κ2) is 8.45. The third kappa shape index (κ3) is 4.36. The highest BCUT2D eigenvalue weighted by Crippen LogP contribution is 2.31. The lowest BCUT2D eigenvalue weighted by Gasteiger charge is -2.36. The Hall–Kier alpha value is -2.69. The van der Waals surface area contributed by atoms with E-state index >= 15 is 0 Å². The van der Waals surface area contributed by atoms with Crippen molar-refractivity contribution in [3.8, 4) is 5.75 Å². The molecule has 1 fully saturated rings. The summed E-state index contributed by atoms with van der Waals surface area (Å²) in [7, 11) is -3.89. The molecule has 4 rings (SSSR count). The molecule has 1 amide bonds. The van der Waals surface area contributed by atoms with Crippen molar-refractivity contribution in [1.29, 1.82) is 0 Å². The van der Waals surface area contributed by atoms with Crippen LogP contribution in [0, 0.1) is 16.0 Å². The highest BCUT2D eigenvalue weighted by molar-refractivity contribution is 7.89. The topological polar surface area (TPSA) is 110 Å². The zero-order valence-electron chi connectivity index (χ0n) is 16.4. The smallest absolute Gasteiger partial charge is 0.270 e. The predicted molar refractivity (Wildman–Crippen MR) is 113 cm³/mol. The number of ether oxygens (including phenoxy) is 1. The van der Waals surface area contributed by atoms with Gasteiger partial charge in [0.2, 0.25) is 15.9 Å². The van der Waals surface area contributed by atoms with E-state index in [1.54, 1.807) is 23.1 Å². The van der Waals surface area contributed by atoms with Crippen molar-refractivity contribution in [1.82, 2.24) is 9.21 Å². The second-order valence-electron chi connectivity index (χ2n) is 7.45. The maximum Gasteiger partial charge on any atom is 0.270 e. The minimum absolute atomic E-state index is 0.0852. The van der Waals surface area contributed by atoms with Gasteiger partial charge in [-0.1, -0.05) is 17.7 Å². The molecule has 0 aromatic heterocycles. The molecule has 9 nitrogen and oxygen atoms in total. The number of hydrogen-bond donors (Lipinski definition) is 0. The molecule has 2 aromatic rings. The Morgan fingerprint density at radius 3 is 2.58 bits per heavy atom. The van der Waals surface area contributed by atoms with E-state index in [1.807, 2.05) is 0 Å². The van der Waals surface area contributed by atoms with Crippen LogP contribution in [0.4, 0.5) is 5.69 Å². The summed E-state index contributed by atoms with van der Waals surface area (Å²) in [4.78, 5) is 24.8. The lowest BCUT2D eigenvalue weighted by molar-refractivity contribution is -0.385. The standard InChI is InChI=1S/C20H20ClN3O6S/c21-16-4-5-19-14(11-16)10-15(13-30-19)20(25)22-6-8-23(9-7-22)31(28,29)18-3-1-2-17(12-18)24(26)27/h1-5,11-12,15H,6-10,13H2/t15-/m1/s1. The average molecular weight is 466 g/mol. The lowest BCUT2D eigenvalue weighted by atomic mass is 9.95. The minimum Gasteiger partial charge on any atom is -0.492 e. The van der Waals surface area contributed by atoms with Crippen LogP contribution in [0.5, 0.6) is 5.75 Å². The Balaban J connectivity index is 1.41. The molecule has 0 bridgehead atoms. The first kappa shape index (κ1) is 21.5. The predicted octanol–water partition coefficient (Wildman–Crippen LogP) is 2.33. The number of non-ortho nitro benzene ring substituents is 1. The monoisotopic (exact) mass is 465 g/mol. The fourth-order valence-electron chi connectivity index (χ4n) is 3.84. The summed E-state index contributed by atoms with van der Waals surface area (Å²) >= 11 is 6.04. The Bertz CT molecular complexity index is 1130. The summed E-state index contributed by atoms with van der Waals surface area (Å²) in [5.74, 6) is 0.283.